The van der Waals surface area contributed by atoms with Gasteiger partial charge in [0.1, 0.15) is 0 Å². The number of H-pyrrole nitrogens is 1. The van der Waals surface area contributed by atoms with Crippen molar-refractivity contribution in [3.8, 4) is 11.3 Å². The SMILES string of the molecule is O=C(NCC1(N2CCOCC2)CCCOC1)c1ccc2[nH]nc(-c3ccc(N4CCOCC4)cc3)c2c1. The fraction of sp³-hybridized carbons (Fsp3) is 0.500. The maximum Gasteiger partial charge on any atom is 0.251 e. The Labute approximate surface area is 217 Å². The number of rotatable bonds is 6. The molecule has 1 aromatic heterocycles. The van der Waals surface area contributed by atoms with Gasteiger partial charge in [0.15, 0.2) is 0 Å². The number of amides is 1. The van der Waals surface area contributed by atoms with E-state index >= 15 is 0 Å². The zero-order valence-electron chi connectivity index (χ0n) is 21.2. The molecule has 37 heavy (non-hydrogen) atoms. The number of aromatic nitrogens is 2. The normalized spacial score (nSPS) is 23.3. The number of aromatic amines is 1. The molecule has 6 rings (SSSR count). The van der Waals surface area contributed by atoms with Crippen LogP contribution in [0.15, 0.2) is 42.5 Å². The molecule has 0 radical (unpaired) electrons. The second-order valence-electron chi connectivity index (χ2n) is 10.1. The average Bonchev–Trinajstić information content (AvgIpc) is 3.41. The highest BCUT2D eigenvalue weighted by atomic mass is 16.5. The van der Waals surface area contributed by atoms with Crippen molar-refractivity contribution in [3.63, 3.8) is 0 Å². The smallest absolute Gasteiger partial charge is 0.251 e. The van der Waals surface area contributed by atoms with E-state index in [9.17, 15) is 4.79 Å². The van der Waals surface area contributed by atoms with Crippen LogP contribution >= 0.6 is 0 Å². The van der Waals surface area contributed by atoms with Crippen LogP contribution in [0.25, 0.3) is 22.2 Å². The lowest BCUT2D eigenvalue weighted by Gasteiger charge is -2.47. The Hall–Kier alpha value is -2.98. The molecule has 3 aromatic rings. The Morgan fingerprint density at radius 1 is 0.946 bits per heavy atom. The number of nitrogens with one attached hydrogen (secondary N) is 2. The van der Waals surface area contributed by atoms with Gasteiger partial charge in [0, 0.05) is 61.5 Å². The van der Waals surface area contributed by atoms with Crippen molar-refractivity contribution >= 4 is 22.5 Å². The van der Waals surface area contributed by atoms with E-state index in [4.69, 9.17) is 14.2 Å². The molecule has 3 aliphatic heterocycles. The van der Waals surface area contributed by atoms with Gasteiger partial charge in [-0.2, -0.15) is 5.10 Å². The Kier molecular flexibility index (Phi) is 7.10. The van der Waals surface area contributed by atoms with Crippen molar-refractivity contribution < 1.29 is 19.0 Å². The number of morpholine rings is 2. The van der Waals surface area contributed by atoms with Crippen molar-refractivity contribution in [2.75, 3.05) is 77.3 Å². The molecular weight excluding hydrogens is 470 g/mol. The number of hydrogen-bond acceptors (Lipinski definition) is 7. The number of anilines is 1. The monoisotopic (exact) mass is 505 g/mol. The molecule has 9 heteroatoms. The van der Waals surface area contributed by atoms with Gasteiger partial charge < -0.3 is 24.4 Å². The third-order valence-corrected chi connectivity index (χ3v) is 7.90. The highest BCUT2D eigenvalue weighted by molar-refractivity contribution is 6.01. The lowest BCUT2D eigenvalue weighted by atomic mass is 9.89. The number of nitrogens with zero attached hydrogens (tertiary/aromatic N) is 3. The summed E-state index contributed by atoms with van der Waals surface area (Å²) in [5.41, 5.74) is 4.43. The maximum atomic E-state index is 13.3. The van der Waals surface area contributed by atoms with Crippen LogP contribution in [0.5, 0.6) is 0 Å². The van der Waals surface area contributed by atoms with Crippen LogP contribution in [0.1, 0.15) is 23.2 Å². The summed E-state index contributed by atoms with van der Waals surface area (Å²) in [6.07, 6.45) is 2.01. The van der Waals surface area contributed by atoms with E-state index in [1.807, 2.05) is 18.2 Å². The van der Waals surface area contributed by atoms with Gasteiger partial charge in [-0.25, -0.2) is 0 Å². The molecule has 0 bridgehead atoms. The number of fused-ring (bicyclic) bond motifs is 1. The van der Waals surface area contributed by atoms with E-state index in [1.165, 1.54) is 5.69 Å². The van der Waals surface area contributed by atoms with Gasteiger partial charge in [-0.15, -0.1) is 0 Å². The predicted molar refractivity (Wildman–Crippen MR) is 142 cm³/mol. The summed E-state index contributed by atoms with van der Waals surface area (Å²) in [4.78, 5) is 18.1. The third kappa shape index (κ3) is 5.09. The van der Waals surface area contributed by atoms with E-state index in [-0.39, 0.29) is 11.4 Å². The molecule has 0 spiro atoms. The first-order valence-corrected chi connectivity index (χ1v) is 13.3. The zero-order valence-corrected chi connectivity index (χ0v) is 21.2. The standard InChI is InChI=1S/C28H35N5O4/c34-27(29-19-28(8-1-13-37-20-28)33-11-16-36-17-12-33)22-4-7-25-24(18-22)26(31-30-25)21-2-5-23(6-3-21)32-9-14-35-15-10-32/h2-7,18H,1,8-17,19-20H2,(H,29,34)(H,30,31). The molecule has 196 valence electrons. The molecular formula is C28H35N5O4. The molecule has 3 aliphatic rings. The number of ether oxygens (including phenoxy) is 3. The van der Waals surface area contributed by atoms with Crippen molar-refractivity contribution in [1.29, 1.82) is 0 Å². The summed E-state index contributed by atoms with van der Waals surface area (Å²) >= 11 is 0. The van der Waals surface area contributed by atoms with Crippen LogP contribution in [0.3, 0.4) is 0 Å². The molecule has 0 saturated carbocycles. The van der Waals surface area contributed by atoms with Crippen molar-refractivity contribution in [2.24, 2.45) is 0 Å². The summed E-state index contributed by atoms with van der Waals surface area (Å²) in [5.74, 6) is -0.0741. The second-order valence-corrected chi connectivity index (χ2v) is 10.1. The minimum absolute atomic E-state index is 0.0741. The molecule has 2 aromatic carbocycles. The molecule has 1 amide bonds. The third-order valence-electron chi connectivity index (χ3n) is 7.90. The largest absolute Gasteiger partial charge is 0.379 e. The van der Waals surface area contributed by atoms with Crippen molar-refractivity contribution in [2.45, 2.75) is 18.4 Å². The number of hydrogen-bond donors (Lipinski definition) is 2. The van der Waals surface area contributed by atoms with Gasteiger partial charge in [-0.3, -0.25) is 14.8 Å². The Morgan fingerprint density at radius 2 is 1.70 bits per heavy atom. The second kappa shape index (κ2) is 10.8. The molecule has 3 fully saturated rings. The minimum atomic E-state index is -0.176. The maximum absolute atomic E-state index is 13.3. The van der Waals surface area contributed by atoms with E-state index in [2.05, 4.69) is 49.6 Å². The lowest BCUT2D eigenvalue weighted by molar-refractivity contribution is -0.0840. The summed E-state index contributed by atoms with van der Waals surface area (Å²) in [7, 11) is 0. The number of carbonyl (C=O) groups is 1. The first kappa shape index (κ1) is 24.4. The highest BCUT2D eigenvalue weighted by Crippen LogP contribution is 2.30. The lowest BCUT2D eigenvalue weighted by Crippen LogP contribution is -2.62. The van der Waals surface area contributed by atoms with Crippen LogP contribution in [0.4, 0.5) is 5.69 Å². The Bertz CT molecular complexity index is 1210. The number of benzene rings is 2. The van der Waals surface area contributed by atoms with Crippen LogP contribution in [-0.2, 0) is 14.2 Å². The molecule has 9 nitrogen and oxygen atoms in total. The Morgan fingerprint density at radius 3 is 2.43 bits per heavy atom. The quantitative estimate of drug-likeness (QED) is 0.532. The summed E-state index contributed by atoms with van der Waals surface area (Å²) in [6, 6.07) is 14.2. The van der Waals surface area contributed by atoms with Crippen LogP contribution in [0, 0.1) is 0 Å². The van der Waals surface area contributed by atoms with Crippen LogP contribution in [-0.4, -0.2) is 98.9 Å². The first-order valence-electron chi connectivity index (χ1n) is 13.3. The summed E-state index contributed by atoms with van der Waals surface area (Å²) in [6.45, 7) is 8.50. The molecule has 3 saturated heterocycles. The van der Waals surface area contributed by atoms with Crippen LogP contribution in [0.2, 0.25) is 0 Å². The van der Waals surface area contributed by atoms with Crippen molar-refractivity contribution in [3.05, 3.63) is 48.0 Å². The first-order chi connectivity index (χ1) is 18.2. The van der Waals surface area contributed by atoms with E-state index in [1.54, 1.807) is 0 Å². The predicted octanol–water partition coefficient (Wildman–Crippen LogP) is 2.68. The molecule has 1 unspecified atom stereocenters. The zero-order chi connectivity index (χ0) is 25.1. The van der Waals surface area contributed by atoms with E-state index < -0.39 is 0 Å². The summed E-state index contributed by atoms with van der Waals surface area (Å²) in [5, 5.41) is 11.9. The highest BCUT2D eigenvalue weighted by Gasteiger charge is 2.39. The van der Waals surface area contributed by atoms with Gasteiger partial charge >= 0.3 is 0 Å². The van der Waals surface area contributed by atoms with Gasteiger partial charge in [0.25, 0.3) is 5.91 Å². The summed E-state index contributed by atoms with van der Waals surface area (Å²) < 4.78 is 16.9. The van der Waals surface area contributed by atoms with Gasteiger partial charge in [0.2, 0.25) is 0 Å². The van der Waals surface area contributed by atoms with Gasteiger partial charge in [-0.05, 0) is 43.2 Å². The van der Waals surface area contributed by atoms with Crippen LogP contribution < -0.4 is 10.2 Å². The topological polar surface area (TPSA) is 92.0 Å². The number of carbonyl (C=O) groups excluding carboxylic acids is 1. The molecule has 2 N–H and O–H groups in total. The Balaban J connectivity index is 1.19. The van der Waals surface area contributed by atoms with E-state index in [0.29, 0.717) is 18.7 Å². The van der Waals surface area contributed by atoms with Gasteiger partial charge in [-0.1, -0.05) is 12.1 Å². The van der Waals surface area contributed by atoms with E-state index in [0.717, 1.165) is 94.2 Å². The van der Waals surface area contributed by atoms with Gasteiger partial charge in [0.05, 0.1) is 49.8 Å². The van der Waals surface area contributed by atoms with Crippen molar-refractivity contribution in [1.82, 2.24) is 20.4 Å². The average molecular weight is 506 g/mol. The molecule has 1 atom stereocenters. The minimum Gasteiger partial charge on any atom is -0.379 e. The molecule has 4 heterocycles. The fourth-order valence-electron chi connectivity index (χ4n) is 5.75. The molecule has 0 aliphatic carbocycles. The fourth-order valence-corrected chi connectivity index (χ4v) is 5.75.